The SMILES string of the molecule is CCN(C)CCN(CC)c1cncc(OC)n1. The molecular formula is C12H22N4O. The van der Waals surface area contributed by atoms with Crippen molar-refractivity contribution in [2.45, 2.75) is 13.8 Å². The lowest BCUT2D eigenvalue weighted by Crippen LogP contribution is -2.33. The summed E-state index contributed by atoms with van der Waals surface area (Å²) in [5.41, 5.74) is 0. The Balaban J connectivity index is 2.65. The van der Waals surface area contributed by atoms with Crippen LogP contribution in [0.4, 0.5) is 5.82 Å². The molecule has 0 atom stereocenters. The second-order valence-electron chi connectivity index (χ2n) is 3.90. The van der Waals surface area contributed by atoms with Crippen LogP contribution in [0.15, 0.2) is 12.4 Å². The number of rotatable bonds is 7. The lowest BCUT2D eigenvalue weighted by atomic mass is 10.4. The van der Waals surface area contributed by atoms with Gasteiger partial charge in [-0.15, -0.1) is 0 Å². The third-order valence-corrected chi connectivity index (χ3v) is 2.81. The molecule has 0 aromatic carbocycles. The maximum atomic E-state index is 5.09. The summed E-state index contributed by atoms with van der Waals surface area (Å²) in [7, 11) is 3.72. The molecule has 0 radical (unpaired) electrons. The Bertz CT molecular complexity index is 332. The Hall–Kier alpha value is -1.36. The molecule has 0 aliphatic carbocycles. The number of methoxy groups -OCH3 is 1. The van der Waals surface area contributed by atoms with E-state index in [0.717, 1.165) is 32.0 Å². The molecule has 0 bridgehead atoms. The first-order chi connectivity index (χ1) is 8.21. The predicted molar refractivity (Wildman–Crippen MR) is 69.6 cm³/mol. The van der Waals surface area contributed by atoms with Crippen LogP contribution in [0.1, 0.15) is 13.8 Å². The summed E-state index contributed by atoms with van der Waals surface area (Å²) in [6, 6.07) is 0. The van der Waals surface area contributed by atoms with Crippen molar-refractivity contribution in [3.05, 3.63) is 12.4 Å². The van der Waals surface area contributed by atoms with Crippen LogP contribution in [0.25, 0.3) is 0 Å². The molecule has 0 saturated carbocycles. The molecule has 5 heteroatoms. The van der Waals surface area contributed by atoms with Crippen molar-refractivity contribution in [1.29, 1.82) is 0 Å². The van der Waals surface area contributed by atoms with E-state index in [-0.39, 0.29) is 0 Å². The third kappa shape index (κ3) is 4.19. The van der Waals surface area contributed by atoms with E-state index < -0.39 is 0 Å². The number of hydrogen-bond acceptors (Lipinski definition) is 5. The first kappa shape index (κ1) is 13.7. The van der Waals surface area contributed by atoms with E-state index in [1.54, 1.807) is 19.5 Å². The summed E-state index contributed by atoms with van der Waals surface area (Å²) in [5, 5.41) is 0. The topological polar surface area (TPSA) is 41.5 Å². The predicted octanol–water partition coefficient (Wildman–Crippen LogP) is 1.26. The molecule has 96 valence electrons. The third-order valence-electron chi connectivity index (χ3n) is 2.81. The molecule has 1 heterocycles. The van der Waals surface area contributed by atoms with E-state index in [9.17, 15) is 0 Å². The van der Waals surface area contributed by atoms with Gasteiger partial charge in [0.1, 0.15) is 0 Å². The van der Waals surface area contributed by atoms with Crippen LogP contribution in [-0.4, -0.2) is 55.2 Å². The molecule has 0 N–H and O–H groups in total. The van der Waals surface area contributed by atoms with Crippen molar-refractivity contribution in [3.8, 4) is 5.88 Å². The number of hydrogen-bond donors (Lipinski definition) is 0. The van der Waals surface area contributed by atoms with E-state index >= 15 is 0 Å². The average Bonchev–Trinajstić information content (AvgIpc) is 2.39. The molecule has 5 nitrogen and oxygen atoms in total. The fourth-order valence-corrected chi connectivity index (χ4v) is 1.47. The van der Waals surface area contributed by atoms with Crippen LogP contribution in [0.3, 0.4) is 0 Å². The maximum absolute atomic E-state index is 5.09. The van der Waals surface area contributed by atoms with Crippen molar-refractivity contribution in [1.82, 2.24) is 14.9 Å². The van der Waals surface area contributed by atoms with Crippen molar-refractivity contribution in [2.75, 3.05) is 45.2 Å². The molecule has 0 aliphatic rings. The minimum absolute atomic E-state index is 0.560. The summed E-state index contributed by atoms with van der Waals surface area (Å²) in [4.78, 5) is 13.0. The fourth-order valence-electron chi connectivity index (χ4n) is 1.47. The van der Waals surface area contributed by atoms with Crippen molar-refractivity contribution < 1.29 is 4.74 Å². The van der Waals surface area contributed by atoms with Crippen LogP contribution < -0.4 is 9.64 Å². The second kappa shape index (κ2) is 7.06. The molecule has 0 aliphatic heterocycles. The molecular weight excluding hydrogens is 216 g/mol. The first-order valence-electron chi connectivity index (χ1n) is 6.00. The monoisotopic (exact) mass is 238 g/mol. The van der Waals surface area contributed by atoms with Gasteiger partial charge in [-0.2, -0.15) is 4.98 Å². The molecule has 1 aromatic rings. The first-order valence-corrected chi connectivity index (χ1v) is 6.00. The van der Waals surface area contributed by atoms with Gasteiger partial charge in [0.05, 0.1) is 19.5 Å². The smallest absolute Gasteiger partial charge is 0.233 e. The number of nitrogens with zero attached hydrogens (tertiary/aromatic N) is 4. The zero-order chi connectivity index (χ0) is 12.7. The van der Waals surface area contributed by atoms with E-state index in [2.05, 4.69) is 40.7 Å². The van der Waals surface area contributed by atoms with Gasteiger partial charge in [-0.25, -0.2) is 0 Å². The number of aromatic nitrogens is 2. The Morgan fingerprint density at radius 1 is 1.18 bits per heavy atom. The summed E-state index contributed by atoms with van der Waals surface area (Å²) < 4.78 is 5.09. The Morgan fingerprint density at radius 2 is 1.94 bits per heavy atom. The Morgan fingerprint density at radius 3 is 2.53 bits per heavy atom. The molecule has 0 saturated heterocycles. The van der Waals surface area contributed by atoms with Gasteiger partial charge >= 0.3 is 0 Å². The molecule has 1 rings (SSSR count). The van der Waals surface area contributed by atoms with E-state index in [1.807, 2.05) is 0 Å². The van der Waals surface area contributed by atoms with Crippen molar-refractivity contribution in [2.24, 2.45) is 0 Å². The standard InChI is InChI=1S/C12H22N4O/c1-5-15(3)7-8-16(6-2)11-9-13-10-12(14-11)17-4/h9-10H,5-8H2,1-4H3. The lowest BCUT2D eigenvalue weighted by molar-refractivity contribution is 0.358. The largest absolute Gasteiger partial charge is 0.480 e. The quantitative estimate of drug-likeness (QED) is 0.715. The van der Waals surface area contributed by atoms with Crippen LogP contribution in [0.5, 0.6) is 5.88 Å². The van der Waals surface area contributed by atoms with E-state index in [4.69, 9.17) is 4.74 Å². The van der Waals surface area contributed by atoms with Gasteiger partial charge in [0.25, 0.3) is 0 Å². The van der Waals surface area contributed by atoms with Crippen LogP contribution in [0.2, 0.25) is 0 Å². The molecule has 1 aromatic heterocycles. The number of anilines is 1. The highest BCUT2D eigenvalue weighted by Crippen LogP contribution is 2.13. The van der Waals surface area contributed by atoms with Gasteiger partial charge in [0, 0.05) is 19.6 Å². The molecule has 0 spiro atoms. The molecule has 0 amide bonds. The molecule has 17 heavy (non-hydrogen) atoms. The average molecular weight is 238 g/mol. The van der Waals surface area contributed by atoms with Gasteiger partial charge in [-0.3, -0.25) is 4.98 Å². The maximum Gasteiger partial charge on any atom is 0.233 e. The summed E-state index contributed by atoms with van der Waals surface area (Å²) in [5.74, 6) is 1.43. The van der Waals surface area contributed by atoms with Crippen molar-refractivity contribution >= 4 is 5.82 Å². The molecule has 0 fully saturated rings. The van der Waals surface area contributed by atoms with E-state index in [0.29, 0.717) is 5.88 Å². The Labute approximate surface area is 103 Å². The highest BCUT2D eigenvalue weighted by atomic mass is 16.5. The zero-order valence-electron chi connectivity index (χ0n) is 11.2. The lowest BCUT2D eigenvalue weighted by Gasteiger charge is -2.24. The number of likely N-dealkylation sites (N-methyl/N-ethyl adjacent to an activating group) is 2. The van der Waals surface area contributed by atoms with Gasteiger partial charge in [0.15, 0.2) is 5.82 Å². The van der Waals surface area contributed by atoms with Crippen molar-refractivity contribution in [3.63, 3.8) is 0 Å². The fraction of sp³-hybridized carbons (Fsp3) is 0.667. The highest BCUT2D eigenvalue weighted by Gasteiger charge is 2.08. The summed E-state index contributed by atoms with van der Waals surface area (Å²) in [6.45, 7) is 8.21. The van der Waals surface area contributed by atoms with Gasteiger partial charge in [0.2, 0.25) is 5.88 Å². The normalized spacial score (nSPS) is 10.6. The van der Waals surface area contributed by atoms with Crippen LogP contribution in [0, 0.1) is 0 Å². The van der Waals surface area contributed by atoms with Crippen LogP contribution >= 0.6 is 0 Å². The molecule has 0 unspecified atom stereocenters. The minimum atomic E-state index is 0.560. The van der Waals surface area contributed by atoms with Gasteiger partial charge in [-0.05, 0) is 20.5 Å². The highest BCUT2D eigenvalue weighted by molar-refractivity contribution is 5.37. The second-order valence-corrected chi connectivity index (χ2v) is 3.90. The number of ether oxygens (including phenoxy) is 1. The van der Waals surface area contributed by atoms with E-state index in [1.165, 1.54) is 0 Å². The van der Waals surface area contributed by atoms with Gasteiger partial charge in [-0.1, -0.05) is 6.92 Å². The minimum Gasteiger partial charge on any atom is -0.480 e. The summed E-state index contributed by atoms with van der Waals surface area (Å²) >= 11 is 0. The summed E-state index contributed by atoms with van der Waals surface area (Å²) in [6.07, 6.45) is 3.40. The van der Waals surface area contributed by atoms with Crippen LogP contribution in [-0.2, 0) is 0 Å². The van der Waals surface area contributed by atoms with Gasteiger partial charge < -0.3 is 14.5 Å². The zero-order valence-corrected chi connectivity index (χ0v) is 11.2. The Kier molecular flexibility index (Phi) is 5.69.